The molecule has 0 spiro atoms. The van der Waals surface area contributed by atoms with Gasteiger partial charge in [0.1, 0.15) is 0 Å². The van der Waals surface area contributed by atoms with Crippen molar-refractivity contribution in [2.45, 2.75) is 38.1 Å². The fourth-order valence-electron chi connectivity index (χ4n) is 2.28. The predicted molar refractivity (Wildman–Crippen MR) is 69.0 cm³/mol. The van der Waals surface area contributed by atoms with Crippen LogP contribution in [0.5, 0.6) is 0 Å². The van der Waals surface area contributed by atoms with Gasteiger partial charge < -0.3 is 15.7 Å². The molecule has 0 bridgehead atoms. The summed E-state index contributed by atoms with van der Waals surface area (Å²) in [7, 11) is 0. The SMILES string of the molecule is C=CCC(N)C(=O)N1CCC(CCC(=O)O)CC1. The van der Waals surface area contributed by atoms with E-state index in [2.05, 4.69) is 6.58 Å². The molecule has 1 rings (SSSR count). The second-order valence-electron chi connectivity index (χ2n) is 4.83. The van der Waals surface area contributed by atoms with Crippen molar-refractivity contribution in [3.63, 3.8) is 0 Å². The molecule has 1 fully saturated rings. The number of carbonyl (C=O) groups is 2. The third kappa shape index (κ3) is 4.49. The Hall–Kier alpha value is -1.36. The number of nitrogens with two attached hydrogens (primary N) is 1. The summed E-state index contributed by atoms with van der Waals surface area (Å²) in [5.74, 6) is -0.353. The summed E-state index contributed by atoms with van der Waals surface area (Å²) < 4.78 is 0. The van der Waals surface area contributed by atoms with Crippen molar-refractivity contribution < 1.29 is 14.7 Å². The Morgan fingerprint density at radius 3 is 2.56 bits per heavy atom. The molecular weight excluding hydrogens is 232 g/mol. The van der Waals surface area contributed by atoms with Gasteiger partial charge in [0.25, 0.3) is 0 Å². The zero-order valence-corrected chi connectivity index (χ0v) is 10.7. The van der Waals surface area contributed by atoms with Crippen molar-refractivity contribution in [1.82, 2.24) is 4.90 Å². The van der Waals surface area contributed by atoms with E-state index < -0.39 is 12.0 Å². The maximum absolute atomic E-state index is 11.9. The summed E-state index contributed by atoms with van der Waals surface area (Å²) in [4.78, 5) is 24.2. The lowest BCUT2D eigenvalue weighted by Crippen LogP contribution is -2.47. The van der Waals surface area contributed by atoms with Gasteiger partial charge in [-0.15, -0.1) is 6.58 Å². The first-order valence-corrected chi connectivity index (χ1v) is 6.41. The first-order chi connectivity index (χ1) is 8.54. The lowest BCUT2D eigenvalue weighted by molar-refractivity contribution is -0.138. The van der Waals surface area contributed by atoms with Crippen molar-refractivity contribution in [3.8, 4) is 0 Å². The number of carboxylic acids is 1. The molecule has 0 aromatic heterocycles. The van der Waals surface area contributed by atoms with Crippen LogP contribution in [0.25, 0.3) is 0 Å². The molecule has 0 radical (unpaired) electrons. The zero-order chi connectivity index (χ0) is 13.5. The summed E-state index contributed by atoms with van der Waals surface area (Å²) in [6, 6.07) is -0.488. The Balaban J connectivity index is 2.32. The van der Waals surface area contributed by atoms with Crippen LogP contribution in [0.15, 0.2) is 12.7 Å². The van der Waals surface area contributed by atoms with Crippen molar-refractivity contribution in [1.29, 1.82) is 0 Å². The fraction of sp³-hybridized carbons (Fsp3) is 0.692. The van der Waals surface area contributed by atoms with E-state index in [1.807, 2.05) is 0 Å². The molecule has 5 nitrogen and oxygen atoms in total. The number of nitrogens with zero attached hydrogens (tertiary/aromatic N) is 1. The molecular formula is C13H22N2O3. The van der Waals surface area contributed by atoms with Crippen LogP contribution in [0.3, 0.4) is 0 Å². The van der Waals surface area contributed by atoms with E-state index >= 15 is 0 Å². The van der Waals surface area contributed by atoms with Crippen LogP contribution < -0.4 is 5.73 Å². The minimum atomic E-state index is -0.749. The van der Waals surface area contributed by atoms with E-state index in [1.165, 1.54) is 0 Å². The lowest BCUT2D eigenvalue weighted by Gasteiger charge is -2.33. The largest absolute Gasteiger partial charge is 0.481 e. The number of hydrogen-bond acceptors (Lipinski definition) is 3. The molecule has 1 saturated heterocycles. The first-order valence-electron chi connectivity index (χ1n) is 6.41. The minimum absolute atomic E-state index is 0.0217. The minimum Gasteiger partial charge on any atom is -0.481 e. The second kappa shape index (κ2) is 7.16. The van der Waals surface area contributed by atoms with E-state index in [1.54, 1.807) is 11.0 Å². The number of carbonyl (C=O) groups excluding carboxylic acids is 1. The second-order valence-corrected chi connectivity index (χ2v) is 4.83. The van der Waals surface area contributed by atoms with E-state index in [0.717, 1.165) is 12.8 Å². The van der Waals surface area contributed by atoms with Crippen LogP contribution >= 0.6 is 0 Å². The standard InChI is InChI=1S/C13H22N2O3/c1-2-3-11(14)13(18)15-8-6-10(7-9-15)4-5-12(16)17/h2,10-11H,1,3-9,14H2,(H,16,17). The van der Waals surface area contributed by atoms with Gasteiger partial charge in [-0.1, -0.05) is 6.08 Å². The topological polar surface area (TPSA) is 83.6 Å². The van der Waals surface area contributed by atoms with Crippen LogP contribution in [-0.4, -0.2) is 41.0 Å². The molecule has 0 saturated carbocycles. The van der Waals surface area contributed by atoms with Crippen molar-refractivity contribution in [2.24, 2.45) is 11.7 Å². The van der Waals surface area contributed by atoms with Crippen molar-refractivity contribution in [3.05, 3.63) is 12.7 Å². The normalized spacial score (nSPS) is 18.4. The Bertz CT molecular complexity index is 309. The van der Waals surface area contributed by atoms with Crippen molar-refractivity contribution >= 4 is 11.9 Å². The van der Waals surface area contributed by atoms with Gasteiger partial charge in [0.05, 0.1) is 6.04 Å². The summed E-state index contributed by atoms with van der Waals surface area (Å²) in [5.41, 5.74) is 5.75. The highest BCUT2D eigenvalue weighted by Gasteiger charge is 2.25. The third-order valence-corrected chi connectivity index (χ3v) is 3.43. The summed E-state index contributed by atoms with van der Waals surface area (Å²) in [6.45, 7) is 4.95. The van der Waals surface area contributed by atoms with Crippen LogP contribution in [-0.2, 0) is 9.59 Å². The number of likely N-dealkylation sites (tertiary alicyclic amines) is 1. The molecule has 1 heterocycles. The van der Waals surface area contributed by atoms with E-state index in [9.17, 15) is 9.59 Å². The molecule has 102 valence electrons. The molecule has 5 heteroatoms. The first kappa shape index (κ1) is 14.7. The molecule has 3 N–H and O–H groups in total. The summed E-state index contributed by atoms with van der Waals surface area (Å²) >= 11 is 0. The van der Waals surface area contributed by atoms with Crippen LogP contribution in [0.4, 0.5) is 0 Å². The molecule has 1 atom stereocenters. The van der Waals surface area contributed by atoms with Gasteiger partial charge in [-0.2, -0.15) is 0 Å². The van der Waals surface area contributed by atoms with Gasteiger partial charge in [-0.25, -0.2) is 0 Å². The van der Waals surface area contributed by atoms with Crippen molar-refractivity contribution in [2.75, 3.05) is 13.1 Å². The highest BCUT2D eigenvalue weighted by atomic mass is 16.4. The van der Waals surface area contributed by atoms with E-state index in [4.69, 9.17) is 10.8 Å². The Kier molecular flexibility index (Phi) is 5.85. The third-order valence-electron chi connectivity index (χ3n) is 3.43. The predicted octanol–water partition coefficient (Wildman–Crippen LogP) is 0.993. The highest BCUT2D eigenvalue weighted by Crippen LogP contribution is 2.22. The van der Waals surface area contributed by atoms with Gasteiger partial charge in [0, 0.05) is 19.5 Å². The smallest absolute Gasteiger partial charge is 0.303 e. The molecule has 0 aromatic carbocycles. The maximum atomic E-state index is 11.9. The van der Waals surface area contributed by atoms with Gasteiger partial charge in [-0.05, 0) is 31.6 Å². The van der Waals surface area contributed by atoms with Gasteiger partial charge in [0.15, 0.2) is 0 Å². The average Bonchev–Trinajstić information content (AvgIpc) is 2.36. The number of hydrogen-bond donors (Lipinski definition) is 2. The summed E-state index contributed by atoms with van der Waals surface area (Å²) in [6.07, 6.45) is 4.82. The van der Waals surface area contributed by atoms with Crippen LogP contribution in [0, 0.1) is 5.92 Å². The molecule has 1 amide bonds. The van der Waals surface area contributed by atoms with Gasteiger partial charge in [-0.3, -0.25) is 9.59 Å². The van der Waals surface area contributed by atoms with Gasteiger partial charge >= 0.3 is 5.97 Å². The fourth-order valence-corrected chi connectivity index (χ4v) is 2.28. The van der Waals surface area contributed by atoms with Gasteiger partial charge in [0.2, 0.25) is 5.91 Å². The Morgan fingerprint density at radius 1 is 1.44 bits per heavy atom. The van der Waals surface area contributed by atoms with E-state index in [-0.39, 0.29) is 12.3 Å². The Morgan fingerprint density at radius 2 is 2.06 bits per heavy atom. The number of rotatable bonds is 6. The monoisotopic (exact) mass is 254 g/mol. The van der Waals surface area contributed by atoms with Crippen LogP contribution in [0.2, 0.25) is 0 Å². The number of amides is 1. The molecule has 0 aliphatic carbocycles. The average molecular weight is 254 g/mol. The number of carboxylic acid groups (broad SMARTS) is 1. The molecule has 1 aliphatic rings. The molecule has 18 heavy (non-hydrogen) atoms. The molecule has 1 unspecified atom stereocenters. The maximum Gasteiger partial charge on any atom is 0.303 e. The molecule has 0 aromatic rings. The summed E-state index contributed by atoms with van der Waals surface area (Å²) in [5, 5.41) is 8.63. The molecule has 1 aliphatic heterocycles. The number of piperidine rings is 1. The van der Waals surface area contributed by atoms with E-state index in [0.29, 0.717) is 31.8 Å². The van der Waals surface area contributed by atoms with Crippen LogP contribution in [0.1, 0.15) is 32.1 Å². The number of aliphatic carboxylic acids is 1. The lowest BCUT2D eigenvalue weighted by atomic mass is 9.92. The highest BCUT2D eigenvalue weighted by molar-refractivity contribution is 5.81. The Labute approximate surface area is 108 Å². The quantitative estimate of drug-likeness (QED) is 0.692. The zero-order valence-electron chi connectivity index (χ0n) is 10.7.